The predicted molar refractivity (Wildman–Crippen MR) is 82.9 cm³/mol. The summed E-state index contributed by atoms with van der Waals surface area (Å²) in [6.45, 7) is 2.09. The van der Waals surface area contributed by atoms with Gasteiger partial charge in [-0.15, -0.1) is 0 Å². The molecule has 2 aromatic carbocycles. The van der Waals surface area contributed by atoms with Crippen molar-refractivity contribution in [3.8, 4) is 6.07 Å². The van der Waals surface area contributed by atoms with Gasteiger partial charge in [-0.2, -0.15) is 5.26 Å². The van der Waals surface area contributed by atoms with Crippen molar-refractivity contribution in [2.75, 3.05) is 11.9 Å². The lowest BCUT2D eigenvalue weighted by Gasteiger charge is -2.25. The third-order valence-corrected chi connectivity index (χ3v) is 3.52. The van der Waals surface area contributed by atoms with Gasteiger partial charge in [0.15, 0.2) is 0 Å². The first-order valence-corrected chi connectivity index (χ1v) is 6.75. The second kappa shape index (κ2) is 6.23. The zero-order chi connectivity index (χ0) is 14.5. The topological polar surface area (TPSA) is 53.0 Å². The van der Waals surface area contributed by atoms with E-state index in [9.17, 15) is 0 Å². The maximum Gasteiger partial charge on any atom is 0.0991 e. The van der Waals surface area contributed by atoms with E-state index in [2.05, 4.69) is 30.0 Å². The van der Waals surface area contributed by atoms with Crippen LogP contribution in [-0.2, 0) is 0 Å². The van der Waals surface area contributed by atoms with Gasteiger partial charge >= 0.3 is 0 Å². The van der Waals surface area contributed by atoms with E-state index in [-0.39, 0.29) is 6.04 Å². The fourth-order valence-electron chi connectivity index (χ4n) is 2.23. The summed E-state index contributed by atoms with van der Waals surface area (Å²) in [6.07, 6.45) is 0.901. The van der Waals surface area contributed by atoms with Crippen LogP contribution in [0.1, 0.15) is 30.5 Å². The number of nitriles is 1. The van der Waals surface area contributed by atoms with Gasteiger partial charge in [0.05, 0.1) is 11.6 Å². The minimum atomic E-state index is 0.0343. The van der Waals surface area contributed by atoms with Gasteiger partial charge < -0.3 is 10.6 Å². The number of rotatable bonds is 4. The maximum atomic E-state index is 8.85. The molecule has 3 heteroatoms. The number of benzene rings is 2. The number of nitrogens with zero attached hydrogens (tertiary/aromatic N) is 2. The highest BCUT2D eigenvalue weighted by atomic mass is 15.1. The Morgan fingerprint density at radius 2 is 1.80 bits per heavy atom. The molecule has 0 bridgehead atoms. The van der Waals surface area contributed by atoms with Crippen molar-refractivity contribution in [2.45, 2.75) is 19.4 Å². The molecule has 102 valence electrons. The highest BCUT2D eigenvalue weighted by Gasteiger charge is 2.13. The SMILES string of the molecule is CC[C@H](N)c1ccccc1N(C)c1ccc(C#N)cc1. The average Bonchev–Trinajstić information content (AvgIpc) is 2.53. The Kier molecular flexibility index (Phi) is 4.39. The molecule has 2 rings (SSSR count). The van der Waals surface area contributed by atoms with Gasteiger partial charge in [0, 0.05) is 24.5 Å². The molecule has 20 heavy (non-hydrogen) atoms. The minimum absolute atomic E-state index is 0.0343. The monoisotopic (exact) mass is 265 g/mol. The van der Waals surface area contributed by atoms with E-state index in [1.807, 2.05) is 43.4 Å². The summed E-state index contributed by atoms with van der Waals surface area (Å²) in [5, 5.41) is 8.85. The highest BCUT2D eigenvalue weighted by Crippen LogP contribution is 2.31. The molecule has 0 aliphatic rings. The molecule has 0 aromatic heterocycles. The number of anilines is 2. The zero-order valence-corrected chi connectivity index (χ0v) is 11.9. The fraction of sp³-hybridized carbons (Fsp3) is 0.235. The summed E-state index contributed by atoms with van der Waals surface area (Å²) in [4.78, 5) is 2.10. The smallest absolute Gasteiger partial charge is 0.0991 e. The third-order valence-electron chi connectivity index (χ3n) is 3.52. The first-order valence-electron chi connectivity index (χ1n) is 6.75. The van der Waals surface area contributed by atoms with Crippen molar-refractivity contribution in [1.29, 1.82) is 5.26 Å². The standard InChI is InChI=1S/C17H19N3/c1-3-16(19)15-6-4-5-7-17(15)20(2)14-10-8-13(12-18)9-11-14/h4-11,16H,3,19H2,1-2H3/t16-/m0/s1. The van der Waals surface area contributed by atoms with Crippen LogP contribution in [0.2, 0.25) is 0 Å². The average molecular weight is 265 g/mol. The normalized spacial score (nSPS) is 11.7. The number of nitrogens with two attached hydrogens (primary N) is 1. The van der Waals surface area contributed by atoms with Crippen LogP contribution in [0.4, 0.5) is 11.4 Å². The number of hydrogen-bond donors (Lipinski definition) is 1. The van der Waals surface area contributed by atoms with Gasteiger partial charge in [0.2, 0.25) is 0 Å². The summed E-state index contributed by atoms with van der Waals surface area (Å²) in [5.74, 6) is 0. The molecule has 0 aliphatic heterocycles. The Balaban J connectivity index is 2.37. The molecule has 1 atom stereocenters. The van der Waals surface area contributed by atoms with Crippen molar-refractivity contribution < 1.29 is 0 Å². The van der Waals surface area contributed by atoms with E-state index in [1.165, 1.54) is 0 Å². The minimum Gasteiger partial charge on any atom is -0.344 e. The Bertz CT molecular complexity index is 611. The van der Waals surface area contributed by atoms with Crippen LogP contribution >= 0.6 is 0 Å². The van der Waals surface area contributed by atoms with Crippen molar-refractivity contribution in [3.63, 3.8) is 0 Å². The molecule has 0 saturated heterocycles. The Morgan fingerprint density at radius 3 is 2.40 bits per heavy atom. The van der Waals surface area contributed by atoms with E-state index in [4.69, 9.17) is 11.0 Å². The molecule has 2 aromatic rings. The van der Waals surface area contributed by atoms with Crippen LogP contribution in [0, 0.1) is 11.3 Å². The maximum absolute atomic E-state index is 8.85. The van der Waals surface area contributed by atoms with Crippen molar-refractivity contribution >= 4 is 11.4 Å². The first-order chi connectivity index (χ1) is 9.67. The van der Waals surface area contributed by atoms with Gasteiger partial charge in [-0.25, -0.2) is 0 Å². The van der Waals surface area contributed by atoms with E-state index in [1.54, 1.807) is 0 Å². The van der Waals surface area contributed by atoms with Crippen molar-refractivity contribution in [2.24, 2.45) is 5.73 Å². The lowest BCUT2D eigenvalue weighted by molar-refractivity contribution is 0.698. The van der Waals surface area contributed by atoms with Crippen LogP contribution < -0.4 is 10.6 Å². The molecule has 0 heterocycles. The molecule has 0 unspecified atom stereocenters. The molecule has 2 N–H and O–H groups in total. The first kappa shape index (κ1) is 14.1. The quantitative estimate of drug-likeness (QED) is 0.916. The van der Waals surface area contributed by atoms with Crippen molar-refractivity contribution in [1.82, 2.24) is 0 Å². The Hall–Kier alpha value is -2.31. The van der Waals surface area contributed by atoms with Gasteiger partial charge in [-0.1, -0.05) is 25.1 Å². The number of hydrogen-bond acceptors (Lipinski definition) is 3. The zero-order valence-electron chi connectivity index (χ0n) is 11.9. The molecule has 3 nitrogen and oxygen atoms in total. The lowest BCUT2D eigenvalue weighted by Crippen LogP contribution is -2.16. The third kappa shape index (κ3) is 2.81. The molecule has 0 aliphatic carbocycles. The summed E-state index contributed by atoms with van der Waals surface area (Å²) in [6, 6.07) is 17.9. The Morgan fingerprint density at radius 1 is 1.15 bits per heavy atom. The molecule has 0 radical (unpaired) electrons. The van der Waals surface area contributed by atoms with Gasteiger partial charge in [0.1, 0.15) is 0 Å². The largest absolute Gasteiger partial charge is 0.344 e. The van der Waals surface area contributed by atoms with Gasteiger partial charge in [0.25, 0.3) is 0 Å². The second-order valence-corrected chi connectivity index (χ2v) is 4.79. The van der Waals surface area contributed by atoms with Crippen LogP contribution in [0.25, 0.3) is 0 Å². The summed E-state index contributed by atoms with van der Waals surface area (Å²) in [5.41, 5.74) is 10.1. The van der Waals surface area contributed by atoms with Crippen LogP contribution in [-0.4, -0.2) is 7.05 Å². The second-order valence-electron chi connectivity index (χ2n) is 4.79. The van der Waals surface area contributed by atoms with Crippen LogP contribution in [0.15, 0.2) is 48.5 Å². The summed E-state index contributed by atoms with van der Waals surface area (Å²) >= 11 is 0. The van der Waals surface area contributed by atoms with E-state index >= 15 is 0 Å². The van der Waals surface area contributed by atoms with Crippen LogP contribution in [0.3, 0.4) is 0 Å². The lowest BCUT2D eigenvalue weighted by atomic mass is 10.0. The van der Waals surface area contributed by atoms with Gasteiger partial charge in [-0.05, 0) is 42.3 Å². The van der Waals surface area contributed by atoms with E-state index in [0.29, 0.717) is 5.56 Å². The summed E-state index contributed by atoms with van der Waals surface area (Å²) in [7, 11) is 2.02. The molecule has 0 amide bonds. The van der Waals surface area contributed by atoms with Gasteiger partial charge in [-0.3, -0.25) is 0 Å². The molecule has 0 spiro atoms. The predicted octanol–water partition coefficient (Wildman–Crippen LogP) is 3.74. The van der Waals surface area contributed by atoms with E-state index < -0.39 is 0 Å². The summed E-state index contributed by atoms with van der Waals surface area (Å²) < 4.78 is 0. The van der Waals surface area contributed by atoms with E-state index in [0.717, 1.165) is 23.4 Å². The molecular weight excluding hydrogens is 246 g/mol. The van der Waals surface area contributed by atoms with Crippen LogP contribution in [0.5, 0.6) is 0 Å². The fourth-order valence-corrected chi connectivity index (χ4v) is 2.23. The molecule has 0 fully saturated rings. The molecule has 0 saturated carbocycles. The van der Waals surface area contributed by atoms with Crippen molar-refractivity contribution in [3.05, 3.63) is 59.7 Å². The highest BCUT2D eigenvalue weighted by molar-refractivity contribution is 5.66. The molecular formula is C17H19N3. The Labute approximate surface area is 120 Å². The number of para-hydroxylation sites is 1.